The molecule has 0 atom stereocenters. The van der Waals surface area contributed by atoms with Gasteiger partial charge in [-0.25, -0.2) is 0 Å². The van der Waals surface area contributed by atoms with Gasteiger partial charge in [0.15, 0.2) is 11.5 Å². The maximum atomic E-state index is 12.1. The molecule has 0 amide bonds. The Morgan fingerprint density at radius 3 is 2.47 bits per heavy atom. The van der Waals surface area contributed by atoms with Crippen molar-refractivity contribution in [2.75, 3.05) is 6.61 Å². The van der Waals surface area contributed by atoms with E-state index < -0.39 is 6.61 Å². The van der Waals surface area contributed by atoms with Crippen molar-refractivity contribution in [3.63, 3.8) is 0 Å². The Balaban J connectivity index is 1.96. The summed E-state index contributed by atoms with van der Waals surface area (Å²) >= 11 is 0. The fourth-order valence-electron chi connectivity index (χ4n) is 1.84. The van der Waals surface area contributed by atoms with E-state index in [1.165, 1.54) is 6.07 Å². The lowest BCUT2D eigenvalue weighted by molar-refractivity contribution is -0.0538. The largest absolute Gasteiger partial charge is 0.487 e. The normalized spacial score (nSPS) is 23.3. The highest BCUT2D eigenvalue weighted by Gasteiger charge is 2.30. The lowest BCUT2D eigenvalue weighted by Crippen LogP contribution is -2.35. The standard InChI is InChI=1S/C12H14F2O3/c13-12(14)17-11-4-2-1-3-10(11)16-9-5-8(6-9)7-15/h1-4,8-9,12,15H,5-7H2. The second-order valence-electron chi connectivity index (χ2n) is 4.09. The Labute approximate surface area is 98.0 Å². The number of aliphatic hydroxyl groups is 1. The van der Waals surface area contributed by atoms with E-state index in [2.05, 4.69) is 4.74 Å². The van der Waals surface area contributed by atoms with Crippen LogP contribution in [0.2, 0.25) is 0 Å². The molecule has 1 saturated carbocycles. The number of ether oxygens (including phenoxy) is 2. The number of hydrogen-bond donors (Lipinski definition) is 1. The first kappa shape index (κ1) is 12.1. The van der Waals surface area contributed by atoms with Crippen molar-refractivity contribution in [1.82, 2.24) is 0 Å². The van der Waals surface area contributed by atoms with Crippen molar-refractivity contribution in [3.05, 3.63) is 24.3 Å². The molecule has 3 nitrogen and oxygen atoms in total. The van der Waals surface area contributed by atoms with E-state index in [1.54, 1.807) is 18.2 Å². The van der Waals surface area contributed by atoms with Crippen molar-refractivity contribution >= 4 is 0 Å². The van der Waals surface area contributed by atoms with Crippen LogP contribution in [0.15, 0.2) is 24.3 Å². The summed E-state index contributed by atoms with van der Waals surface area (Å²) in [6.45, 7) is -2.71. The molecule has 0 heterocycles. The van der Waals surface area contributed by atoms with Gasteiger partial charge in [0.1, 0.15) is 0 Å². The summed E-state index contributed by atoms with van der Waals surface area (Å²) in [5.74, 6) is 0.646. The highest BCUT2D eigenvalue weighted by molar-refractivity contribution is 5.39. The predicted octanol–water partition coefficient (Wildman–Crippen LogP) is 2.44. The summed E-state index contributed by atoms with van der Waals surface area (Å²) in [7, 11) is 0. The minimum Gasteiger partial charge on any atom is -0.487 e. The number of para-hydroxylation sites is 2. The molecule has 1 aliphatic carbocycles. The Bertz CT molecular complexity index is 365. The first-order chi connectivity index (χ1) is 8.19. The number of rotatable bonds is 5. The van der Waals surface area contributed by atoms with Crippen LogP contribution in [0.3, 0.4) is 0 Å². The predicted molar refractivity (Wildman–Crippen MR) is 57.3 cm³/mol. The molecule has 94 valence electrons. The van der Waals surface area contributed by atoms with Crippen LogP contribution in [-0.2, 0) is 0 Å². The van der Waals surface area contributed by atoms with Crippen LogP contribution in [0.25, 0.3) is 0 Å². The molecule has 0 aromatic heterocycles. The van der Waals surface area contributed by atoms with E-state index >= 15 is 0 Å². The number of halogens is 2. The molecule has 0 bridgehead atoms. The first-order valence-corrected chi connectivity index (χ1v) is 5.50. The summed E-state index contributed by atoms with van der Waals surface area (Å²) in [6.07, 6.45) is 1.48. The van der Waals surface area contributed by atoms with Crippen LogP contribution < -0.4 is 9.47 Å². The van der Waals surface area contributed by atoms with E-state index in [1.807, 2.05) is 0 Å². The Hall–Kier alpha value is -1.36. The maximum Gasteiger partial charge on any atom is 0.387 e. The molecular weight excluding hydrogens is 230 g/mol. The van der Waals surface area contributed by atoms with Crippen LogP contribution in [-0.4, -0.2) is 24.4 Å². The van der Waals surface area contributed by atoms with Crippen molar-refractivity contribution < 1.29 is 23.4 Å². The van der Waals surface area contributed by atoms with Crippen molar-refractivity contribution in [2.45, 2.75) is 25.6 Å². The molecule has 0 radical (unpaired) electrons. The van der Waals surface area contributed by atoms with Crippen molar-refractivity contribution in [2.24, 2.45) is 5.92 Å². The van der Waals surface area contributed by atoms with Gasteiger partial charge in [-0.1, -0.05) is 12.1 Å². The van der Waals surface area contributed by atoms with Crippen molar-refractivity contribution in [3.8, 4) is 11.5 Å². The summed E-state index contributed by atoms with van der Waals surface area (Å²) in [6, 6.07) is 6.37. The smallest absolute Gasteiger partial charge is 0.387 e. The van der Waals surface area contributed by atoms with Gasteiger partial charge in [-0.05, 0) is 30.9 Å². The SMILES string of the molecule is OCC1CC(Oc2ccccc2OC(F)F)C1. The van der Waals surface area contributed by atoms with E-state index in [0.29, 0.717) is 5.75 Å². The fourth-order valence-corrected chi connectivity index (χ4v) is 1.84. The molecular formula is C12H14F2O3. The van der Waals surface area contributed by atoms with Gasteiger partial charge in [-0.15, -0.1) is 0 Å². The quantitative estimate of drug-likeness (QED) is 0.864. The number of benzene rings is 1. The van der Waals surface area contributed by atoms with Crippen LogP contribution in [0.4, 0.5) is 8.78 Å². The molecule has 0 saturated heterocycles. The Morgan fingerprint density at radius 1 is 1.24 bits per heavy atom. The Kier molecular flexibility index (Phi) is 3.78. The summed E-state index contributed by atoms with van der Waals surface area (Å²) in [4.78, 5) is 0. The zero-order chi connectivity index (χ0) is 12.3. The third-order valence-corrected chi connectivity index (χ3v) is 2.81. The van der Waals surface area contributed by atoms with Crippen molar-refractivity contribution in [1.29, 1.82) is 0 Å². The lowest BCUT2D eigenvalue weighted by Gasteiger charge is -2.34. The molecule has 0 aliphatic heterocycles. The van der Waals surface area contributed by atoms with Gasteiger partial charge >= 0.3 is 6.61 Å². The molecule has 1 N–H and O–H groups in total. The molecule has 0 spiro atoms. The Morgan fingerprint density at radius 2 is 1.88 bits per heavy atom. The van der Waals surface area contributed by atoms with E-state index in [4.69, 9.17) is 9.84 Å². The van der Waals surface area contributed by atoms with Gasteiger partial charge in [-0.2, -0.15) is 8.78 Å². The van der Waals surface area contributed by atoms with E-state index in [-0.39, 0.29) is 24.4 Å². The van der Waals surface area contributed by atoms with Gasteiger partial charge in [0.2, 0.25) is 0 Å². The van der Waals surface area contributed by atoms with Crippen LogP contribution >= 0.6 is 0 Å². The highest BCUT2D eigenvalue weighted by atomic mass is 19.3. The van der Waals surface area contributed by atoms with E-state index in [9.17, 15) is 8.78 Å². The third kappa shape index (κ3) is 3.06. The fraction of sp³-hybridized carbons (Fsp3) is 0.500. The van der Waals surface area contributed by atoms with Crippen LogP contribution in [0.5, 0.6) is 11.5 Å². The molecule has 1 aromatic rings. The molecule has 1 aliphatic rings. The second kappa shape index (κ2) is 5.31. The topological polar surface area (TPSA) is 38.7 Å². The molecule has 1 aromatic carbocycles. The summed E-state index contributed by atoms with van der Waals surface area (Å²) in [5.41, 5.74) is 0. The number of alkyl halides is 2. The molecule has 5 heteroatoms. The minimum absolute atomic E-state index is 0.0189. The van der Waals surface area contributed by atoms with Gasteiger partial charge in [0, 0.05) is 6.61 Å². The summed E-state index contributed by atoms with van der Waals surface area (Å²) in [5, 5.41) is 8.86. The van der Waals surface area contributed by atoms with Gasteiger partial charge in [0.25, 0.3) is 0 Å². The van der Waals surface area contributed by atoms with Crippen LogP contribution in [0.1, 0.15) is 12.8 Å². The zero-order valence-corrected chi connectivity index (χ0v) is 9.18. The van der Waals surface area contributed by atoms with Gasteiger partial charge in [0.05, 0.1) is 6.10 Å². The van der Waals surface area contributed by atoms with E-state index in [0.717, 1.165) is 12.8 Å². The molecule has 17 heavy (non-hydrogen) atoms. The van der Waals surface area contributed by atoms with Gasteiger partial charge in [-0.3, -0.25) is 0 Å². The van der Waals surface area contributed by atoms with Crippen LogP contribution in [0, 0.1) is 5.92 Å². The lowest BCUT2D eigenvalue weighted by atomic mass is 9.83. The molecule has 0 unspecified atom stereocenters. The first-order valence-electron chi connectivity index (χ1n) is 5.50. The second-order valence-corrected chi connectivity index (χ2v) is 4.09. The maximum absolute atomic E-state index is 12.1. The zero-order valence-electron chi connectivity index (χ0n) is 9.18. The highest BCUT2D eigenvalue weighted by Crippen LogP contribution is 2.35. The molecule has 1 fully saturated rings. The monoisotopic (exact) mass is 244 g/mol. The third-order valence-electron chi connectivity index (χ3n) is 2.81. The number of aliphatic hydroxyl groups excluding tert-OH is 1. The molecule has 2 rings (SSSR count). The minimum atomic E-state index is -2.86. The number of hydrogen-bond acceptors (Lipinski definition) is 3. The average molecular weight is 244 g/mol. The van der Waals surface area contributed by atoms with Gasteiger partial charge < -0.3 is 14.6 Å². The average Bonchev–Trinajstić information content (AvgIpc) is 2.24. The summed E-state index contributed by atoms with van der Waals surface area (Å²) < 4.78 is 34.2.